The van der Waals surface area contributed by atoms with Gasteiger partial charge in [0.05, 0.1) is 12.5 Å². The zero-order valence-corrected chi connectivity index (χ0v) is 18.4. The number of ketones is 1. The molecule has 0 fully saturated rings. The quantitative estimate of drug-likeness (QED) is 0.714. The Kier molecular flexibility index (Phi) is 6.40. The third kappa shape index (κ3) is 4.74. The summed E-state index contributed by atoms with van der Waals surface area (Å²) in [7, 11) is 0. The van der Waals surface area contributed by atoms with E-state index in [9.17, 15) is 14.4 Å². The number of rotatable bonds is 6. The minimum Gasteiger partial charge on any atom is -0.494 e. The average Bonchev–Trinajstić information content (AvgIpc) is 2.76. The third-order valence-corrected chi connectivity index (χ3v) is 6.19. The smallest absolute Gasteiger partial charge is 0.228 e. The lowest BCUT2D eigenvalue weighted by atomic mass is 9.76. The van der Waals surface area contributed by atoms with Crippen molar-refractivity contribution in [2.75, 3.05) is 11.9 Å². The molecule has 2 aliphatic rings. The highest BCUT2D eigenvalue weighted by Gasteiger charge is 2.37. The van der Waals surface area contributed by atoms with Crippen LogP contribution in [-0.2, 0) is 14.4 Å². The Morgan fingerprint density at radius 3 is 2.53 bits per heavy atom. The molecule has 0 radical (unpaired) electrons. The predicted octanol–water partition coefficient (Wildman–Crippen LogP) is 4.26. The molecule has 166 valence electrons. The summed E-state index contributed by atoms with van der Waals surface area (Å²) in [4.78, 5) is 38.2. The first-order valence-electron chi connectivity index (χ1n) is 11.1. The standard InChI is InChI=1S/C26H28N2O4/c1-3-32-20-10-8-19(9-11-20)27-25(30)15-18-12-22-23(28-26(18)31)13-17(14-24(22)29)21-7-5-4-6-16(21)2/h4-11,17-18H,3,12-15H2,1-2H3,(H,27,30)(H,28,31). The maximum Gasteiger partial charge on any atom is 0.228 e. The second kappa shape index (κ2) is 9.39. The van der Waals surface area contributed by atoms with Gasteiger partial charge in [-0.2, -0.15) is 0 Å². The second-order valence-corrected chi connectivity index (χ2v) is 8.44. The summed E-state index contributed by atoms with van der Waals surface area (Å²) in [6, 6.07) is 15.2. The van der Waals surface area contributed by atoms with Gasteiger partial charge in [-0.05, 0) is 68.0 Å². The van der Waals surface area contributed by atoms with Gasteiger partial charge in [0.1, 0.15) is 5.75 Å². The summed E-state index contributed by atoms with van der Waals surface area (Å²) in [6.45, 7) is 4.53. The molecular weight excluding hydrogens is 404 g/mol. The molecule has 1 aliphatic heterocycles. The van der Waals surface area contributed by atoms with E-state index in [0.717, 1.165) is 22.6 Å². The van der Waals surface area contributed by atoms with Crippen LogP contribution in [0.15, 0.2) is 59.8 Å². The van der Waals surface area contributed by atoms with E-state index in [0.29, 0.717) is 37.1 Å². The van der Waals surface area contributed by atoms with Crippen LogP contribution in [0.1, 0.15) is 49.7 Å². The molecule has 2 unspecified atom stereocenters. The number of amides is 2. The summed E-state index contributed by atoms with van der Waals surface area (Å²) >= 11 is 0. The summed E-state index contributed by atoms with van der Waals surface area (Å²) < 4.78 is 5.40. The highest BCUT2D eigenvalue weighted by molar-refractivity contribution is 6.02. The Labute approximate surface area is 188 Å². The highest BCUT2D eigenvalue weighted by atomic mass is 16.5. The van der Waals surface area contributed by atoms with Crippen molar-refractivity contribution < 1.29 is 19.1 Å². The van der Waals surface area contributed by atoms with Crippen molar-refractivity contribution >= 4 is 23.3 Å². The second-order valence-electron chi connectivity index (χ2n) is 8.44. The van der Waals surface area contributed by atoms with Gasteiger partial charge in [0.25, 0.3) is 0 Å². The van der Waals surface area contributed by atoms with Crippen LogP contribution in [0.4, 0.5) is 5.69 Å². The molecular formula is C26H28N2O4. The van der Waals surface area contributed by atoms with Gasteiger partial charge in [0.15, 0.2) is 5.78 Å². The monoisotopic (exact) mass is 432 g/mol. The van der Waals surface area contributed by atoms with Crippen molar-refractivity contribution in [1.29, 1.82) is 0 Å². The van der Waals surface area contributed by atoms with E-state index in [2.05, 4.69) is 16.7 Å². The van der Waals surface area contributed by atoms with Crippen LogP contribution in [0.5, 0.6) is 5.75 Å². The van der Waals surface area contributed by atoms with E-state index in [-0.39, 0.29) is 29.9 Å². The van der Waals surface area contributed by atoms with Crippen LogP contribution in [0.3, 0.4) is 0 Å². The maximum absolute atomic E-state index is 12.9. The Morgan fingerprint density at radius 2 is 1.81 bits per heavy atom. The molecule has 0 spiro atoms. The molecule has 0 bridgehead atoms. The molecule has 0 aromatic heterocycles. The van der Waals surface area contributed by atoms with Crippen LogP contribution < -0.4 is 15.4 Å². The van der Waals surface area contributed by atoms with E-state index in [4.69, 9.17) is 4.74 Å². The van der Waals surface area contributed by atoms with Crippen molar-refractivity contribution in [1.82, 2.24) is 5.32 Å². The number of Topliss-reactive ketones (excluding diaryl/α,β-unsaturated/α-hetero) is 1. The van der Waals surface area contributed by atoms with E-state index < -0.39 is 5.92 Å². The molecule has 2 atom stereocenters. The van der Waals surface area contributed by atoms with Gasteiger partial charge in [-0.1, -0.05) is 24.3 Å². The molecule has 4 rings (SSSR count). The molecule has 0 saturated carbocycles. The largest absolute Gasteiger partial charge is 0.494 e. The number of ether oxygens (including phenoxy) is 1. The number of anilines is 1. The van der Waals surface area contributed by atoms with Gasteiger partial charge in [0.2, 0.25) is 11.8 Å². The summed E-state index contributed by atoms with van der Waals surface area (Å²) in [5, 5.41) is 5.75. The minimum absolute atomic E-state index is 0.0321. The van der Waals surface area contributed by atoms with Gasteiger partial charge < -0.3 is 15.4 Å². The van der Waals surface area contributed by atoms with Gasteiger partial charge in [-0.25, -0.2) is 0 Å². The Bertz CT molecular complexity index is 1070. The fourth-order valence-electron chi connectivity index (χ4n) is 4.58. The average molecular weight is 433 g/mol. The van der Waals surface area contributed by atoms with Crippen LogP contribution in [-0.4, -0.2) is 24.2 Å². The molecule has 1 aliphatic carbocycles. The fraction of sp³-hybridized carbons (Fsp3) is 0.346. The van der Waals surface area contributed by atoms with Crippen molar-refractivity contribution in [3.8, 4) is 5.75 Å². The lowest BCUT2D eigenvalue weighted by Gasteiger charge is -2.33. The molecule has 1 heterocycles. The molecule has 6 nitrogen and oxygen atoms in total. The van der Waals surface area contributed by atoms with Crippen molar-refractivity contribution in [2.45, 2.75) is 45.4 Å². The first-order chi connectivity index (χ1) is 15.4. The van der Waals surface area contributed by atoms with E-state index in [1.54, 1.807) is 24.3 Å². The van der Waals surface area contributed by atoms with Crippen LogP contribution >= 0.6 is 0 Å². The Balaban J connectivity index is 1.41. The molecule has 2 aromatic carbocycles. The van der Waals surface area contributed by atoms with Crippen LogP contribution in [0, 0.1) is 12.8 Å². The number of hydrogen-bond acceptors (Lipinski definition) is 4. The van der Waals surface area contributed by atoms with E-state index in [1.165, 1.54) is 0 Å². The molecule has 2 N–H and O–H groups in total. The number of carbonyl (C=O) groups excluding carboxylic acids is 3. The fourth-order valence-corrected chi connectivity index (χ4v) is 4.58. The zero-order valence-electron chi connectivity index (χ0n) is 18.4. The van der Waals surface area contributed by atoms with Gasteiger partial charge in [-0.3, -0.25) is 14.4 Å². The van der Waals surface area contributed by atoms with Crippen LogP contribution in [0.2, 0.25) is 0 Å². The van der Waals surface area contributed by atoms with Crippen LogP contribution in [0.25, 0.3) is 0 Å². The number of benzene rings is 2. The molecule has 2 amide bonds. The number of carbonyl (C=O) groups is 3. The third-order valence-electron chi connectivity index (χ3n) is 6.19. The SMILES string of the molecule is CCOc1ccc(NC(=O)CC2CC3=C(CC(c4ccccc4C)CC3=O)NC2=O)cc1. The predicted molar refractivity (Wildman–Crippen MR) is 122 cm³/mol. The number of allylic oxidation sites excluding steroid dienone is 2. The highest BCUT2D eigenvalue weighted by Crippen LogP contribution is 2.39. The lowest BCUT2D eigenvalue weighted by Crippen LogP contribution is -2.41. The van der Waals surface area contributed by atoms with Gasteiger partial charge in [-0.15, -0.1) is 0 Å². The summed E-state index contributed by atoms with van der Waals surface area (Å²) in [5.74, 6) is -0.117. The lowest BCUT2D eigenvalue weighted by molar-refractivity contribution is -0.129. The normalized spacial score (nSPS) is 20.4. The summed E-state index contributed by atoms with van der Waals surface area (Å²) in [5.41, 5.74) is 4.35. The minimum atomic E-state index is -0.546. The number of aryl methyl sites for hydroxylation is 1. The molecule has 6 heteroatoms. The Morgan fingerprint density at radius 1 is 1.06 bits per heavy atom. The van der Waals surface area contributed by atoms with E-state index >= 15 is 0 Å². The first-order valence-corrected chi connectivity index (χ1v) is 11.1. The van der Waals surface area contributed by atoms with Crippen molar-refractivity contribution in [2.24, 2.45) is 5.92 Å². The molecule has 0 saturated heterocycles. The number of hydrogen-bond donors (Lipinski definition) is 2. The summed E-state index contributed by atoms with van der Waals surface area (Å²) in [6.07, 6.45) is 1.43. The van der Waals surface area contributed by atoms with E-state index in [1.807, 2.05) is 32.0 Å². The number of nitrogens with one attached hydrogen (secondary N) is 2. The van der Waals surface area contributed by atoms with Gasteiger partial charge >= 0.3 is 0 Å². The first kappa shape index (κ1) is 21.8. The Hall–Kier alpha value is -3.41. The maximum atomic E-state index is 12.9. The topological polar surface area (TPSA) is 84.5 Å². The molecule has 32 heavy (non-hydrogen) atoms. The van der Waals surface area contributed by atoms with Crippen molar-refractivity contribution in [3.63, 3.8) is 0 Å². The molecule has 2 aromatic rings. The van der Waals surface area contributed by atoms with Crippen molar-refractivity contribution in [3.05, 3.63) is 70.9 Å². The zero-order chi connectivity index (χ0) is 22.7. The van der Waals surface area contributed by atoms with Gasteiger partial charge in [0, 0.05) is 29.8 Å².